The van der Waals surface area contributed by atoms with Gasteiger partial charge in [0.25, 0.3) is 5.91 Å². The number of ether oxygens (including phenoxy) is 1. The van der Waals surface area contributed by atoms with Crippen LogP contribution in [0.15, 0.2) is 54.3 Å². The van der Waals surface area contributed by atoms with Gasteiger partial charge in [-0.25, -0.2) is 0 Å². The van der Waals surface area contributed by atoms with E-state index in [0.717, 1.165) is 43.1 Å². The third-order valence-corrected chi connectivity index (χ3v) is 5.49. The van der Waals surface area contributed by atoms with Gasteiger partial charge in [-0.3, -0.25) is 4.79 Å². The molecule has 6 heteroatoms. The maximum atomic E-state index is 13.0. The quantitative estimate of drug-likeness (QED) is 0.743. The summed E-state index contributed by atoms with van der Waals surface area (Å²) in [6.07, 6.45) is 1.87. The number of benzene rings is 2. The van der Waals surface area contributed by atoms with Gasteiger partial charge < -0.3 is 19.4 Å². The molecule has 2 aromatic carbocycles. The van der Waals surface area contributed by atoms with Crippen LogP contribution in [0.25, 0.3) is 6.08 Å². The van der Waals surface area contributed by atoms with Crippen molar-refractivity contribution < 1.29 is 9.53 Å². The standard InChI is InChI=1S/C22H24ClN3O2/c1-24-10-12-25(13-11-24)20-5-3-2-4-17(20)16-21-22(27)26(14-15-28-21)19-8-6-18(23)7-9-19/h2-9,16H,10-15H2,1H3/b21-16-. The van der Waals surface area contributed by atoms with Crippen LogP contribution in [-0.4, -0.2) is 57.2 Å². The van der Waals surface area contributed by atoms with Crippen molar-refractivity contribution in [1.82, 2.24) is 4.90 Å². The van der Waals surface area contributed by atoms with E-state index in [0.29, 0.717) is 23.9 Å². The molecule has 4 rings (SSSR count). The SMILES string of the molecule is CN1CCN(c2ccccc2/C=C2\OCCN(c3ccc(Cl)cc3)C2=O)CC1. The van der Waals surface area contributed by atoms with Crippen LogP contribution in [0.3, 0.4) is 0 Å². The summed E-state index contributed by atoms with van der Waals surface area (Å²) in [5, 5.41) is 0.654. The van der Waals surface area contributed by atoms with E-state index in [2.05, 4.69) is 22.9 Å². The molecule has 2 aromatic rings. The summed E-state index contributed by atoms with van der Waals surface area (Å²) < 4.78 is 5.75. The van der Waals surface area contributed by atoms with Gasteiger partial charge in [0.1, 0.15) is 6.61 Å². The average Bonchev–Trinajstić information content (AvgIpc) is 2.71. The summed E-state index contributed by atoms with van der Waals surface area (Å²) in [4.78, 5) is 19.5. The van der Waals surface area contributed by atoms with Gasteiger partial charge in [0, 0.05) is 48.1 Å². The predicted molar refractivity (Wildman–Crippen MR) is 114 cm³/mol. The molecule has 2 aliphatic rings. The number of hydrogen-bond acceptors (Lipinski definition) is 4. The van der Waals surface area contributed by atoms with Gasteiger partial charge in [-0.2, -0.15) is 0 Å². The first kappa shape index (κ1) is 18.8. The van der Waals surface area contributed by atoms with Crippen LogP contribution in [0, 0.1) is 0 Å². The number of morpholine rings is 1. The van der Waals surface area contributed by atoms with Crippen LogP contribution in [0.5, 0.6) is 0 Å². The first-order valence-corrected chi connectivity index (χ1v) is 9.94. The van der Waals surface area contributed by atoms with Crippen molar-refractivity contribution in [3.05, 3.63) is 64.9 Å². The van der Waals surface area contributed by atoms with E-state index in [4.69, 9.17) is 16.3 Å². The number of halogens is 1. The third kappa shape index (κ3) is 4.01. The molecular weight excluding hydrogens is 374 g/mol. The van der Waals surface area contributed by atoms with E-state index in [1.807, 2.05) is 36.4 Å². The Kier molecular flexibility index (Phi) is 5.55. The van der Waals surface area contributed by atoms with E-state index in [1.165, 1.54) is 0 Å². The lowest BCUT2D eigenvalue weighted by molar-refractivity contribution is -0.120. The Morgan fingerprint density at radius 3 is 2.43 bits per heavy atom. The molecule has 2 saturated heterocycles. The van der Waals surface area contributed by atoms with Crippen molar-refractivity contribution in [2.75, 3.05) is 56.2 Å². The molecule has 0 aromatic heterocycles. The third-order valence-electron chi connectivity index (χ3n) is 5.23. The number of hydrogen-bond donors (Lipinski definition) is 0. The van der Waals surface area contributed by atoms with Gasteiger partial charge in [-0.15, -0.1) is 0 Å². The Labute approximate surface area is 170 Å². The summed E-state index contributed by atoms with van der Waals surface area (Å²) in [6, 6.07) is 15.5. The van der Waals surface area contributed by atoms with Crippen molar-refractivity contribution >= 4 is 35.0 Å². The highest BCUT2D eigenvalue weighted by Crippen LogP contribution is 2.27. The molecule has 2 fully saturated rings. The second kappa shape index (κ2) is 8.25. The zero-order valence-electron chi connectivity index (χ0n) is 16.0. The van der Waals surface area contributed by atoms with E-state index in [1.54, 1.807) is 17.0 Å². The van der Waals surface area contributed by atoms with Gasteiger partial charge in [0.2, 0.25) is 0 Å². The number of carbonyl (C=O) groups excluding carboxylic acids is 1. The fourth-order valence-electron chi connectivity index (χ4n) is 3.60. The topological polar surface area (TPSA) is 36.0 Å². The molecule has 146 valence electrons. The number of para-hydroxylation sites is 1. The first-order valence-electron chi connectivity index (χ1n) is 9.56. The number of amides is 1. The Bertz CT molecular complexity index is 874. The second-order valence-corrected chi connectivity index (χ2v) is 7.58. The van der Waals surface area contributed by atoms with Crippen LogP contribution >= 0.6 is 11.6 Å². The van der Waals surface area contributed by atoms with Gasteiger partial charge in [0.15, 0.2) is 5.76 Å². The molecule has 0 unspecified atom stereocenters. The highest BCUT2D eigenvalue weighted by atomic mass is 35.5. The lowest BCUT2D eigenvalue weighted by atomic mass is 10.1. The minimum atomic E-state index is -0.123. The second-order valence-electron chi connectivity index (χ2n) is 7.14. The smallest absolute Gasteiger partial charge is 0.293 e. The largest absolute Gasteiger partial charge is 0.486 e. The van der Waals surface area contributed by atoms with Crippen LogP contribution < -0.4 is 9.80 Å². The summed E-state index contributed by atoms with van der Waals surface area (Å²) in [5.74, 6) is 0.254. The number of nitrogens with zero attached hydrogens (tertiary/aromatic N) is 3. The van der Waals surface area contributed by atoms with Gasteiger partial charge in [-0.1, -0.05) is 29.8 Å². The highest BCUT2D eigenvalue weighted by molar-refractivity contribution is 6.30. The molecule has 0 bridgehead atoms. The monoisotopic (exact) mass is 397 g/mol. The molecule has 0 N–H and O–H groups in total. The molecule has 28 heavy (non-hydrogen) atoms. The van der Waals surface area contributed by atoms with Gasteiger partial charge in [0.05, 0.1) is 6.54 Å². The number of carbonyl (C=O) groups is 1. The fraction of sp³-hybridized carbons (Fsp3) is 0.318. The summed E-state index contributed by atoms with van der Waals surface area (Å²) >= 11 is 5.98. The minimum absolute atomic E-state index is 0.123. The maximum Gasteiger partial charge on any atom is 0.293 e. The Hall–Kier alpha value is -2.50. The molecule has 2 heterocycles. The van der Waals surface area contributed by atoms with Crippen molar-refractivity contribution in [2.45, 2.75) is 0 Å². The Balaban J connectivity index is 1.60. The molecule has 0 radical (unpaired) electrons. The summed E-state index contributed by atoms with van der Waals surface area (Å²) in [6.45, 7) is 5.01. The van der Waals surface area contributed by atoms with Crippen molar-refractivity contribution in [1.29, 1.82) is 0 Å². The highest BCUT2D eigenvalue weighted by Gasteiger charge is 2.26. The lowest BCUT2D eigenvalue weighted by Gasteiger charge is -2.35. The molecule has 0 spiro atoms. The van der Waals surface area contributed by atoms with Crippen molar-refractivity contribution in [3.8, 4) is 0 Å². The van der Waals surface area contributed by atoms with Gasteiger partial charge in [-0.05, 0) is 43.5 Å². The molecule has 1 amide bonds. The lowest BCUT2D eigenvalue weighted by Crippen LogP contribution is -2.44. The zero-order valence-corrected chi connectivity index (χ0v) is 16.7. The van der Waals surface area contributed by atoms with E-state index in [9.17, 15) is 4.79 Å². The molecule has 0 atom stereocenters. The first-order chi connectivity index (χ1) is 13.6. The molecule has 5 nitrogen and oxygen atoms in total. The van der Waals surface area contributed by atoms with Crippen molar-refractivity contribution in [2.24, 2.45) is 0 Å². The van der Waals surface area contributed by atoms with E-state index >= 15 is 0 Å². The van der Waals surface area contributed by atoms with Crippen LogP contribution in [-0.2, 0) is 9.53 Å². The molecule has 2 aliphatic heterocycles. The van der Waals surface area contributed by atoms with Gasteiger partial charge >= 0.3 is 0 Å². The average molecular weight is 398 g/mol. The summed E-state index contributed by atoms with van der Waals surface area (Å²) in [7, 11) is 2.14. The fourth-order valence-corrected chi connectivity index (χ4v) is 3.73. The molecular formula is C22H24ClN3O2. The number of anilines is 2. The molecule has 0 saturated carbocycles. The Morgan fingerprint density at radius 1 is 0.964 bits per heavy atom. The Morgan fingerprint density at radius 2 is 1.68 bits per heavy atom. The molecule has 0 aliphatic carbocycles. The van der Waals surface area contributed by atoms with Crippen molar-refractivity contribution in [3.63, 3.8) is 0 Å². The van der Waals surface area contributed by atoms with E-state index < -0.39 is 0 Å². The van der Waals surface area contributed by atoms with Crippen LogP contribution in [0.4, 0.5) is 11.4 Å². The number of likely N-dealkylation sites (N-methyl/N-ethyl adjacent to an activating group) is 1. The van der Waals surface area contributed by atoms with E-state index in [-0.39, 0.29) is 5.91 Å². The number of rotatable bonds is 3. The zero-order chi connectivity index (χ0) is 19.5. The predicted octanol–water partition coefficient (Wildman–Crippen LogP) is 3.50. The maximum absolute atomic E-state index is 13.0. The van der Waals surface area contributed by atoms with Crippen LogP contribution in [0.2, 0.25) is 5.02 Å². The minimum Gasteiger partial charge on any atom is -0.486 e. The summed E-state index contributed by atoms with van der Waals surface area (Å²) in [5.41, 5.74) is 2.98. The van der Waals surface area contributed by atoms with Crippen LogP contribution in [0.1, 0.15) is 5.56 Å². The number of piperazine rings is 1. The normalized spacial score (nSPS) is 19.8.